The van der Waals surface area contributed by atoms with Crippen molar-refractivity contribution in [1.29, 1.82) is 0 Å². The minimum atomic E-state index is 0.322. The number of nitrogens with zero attached hydrogens (tertiary/aromatic N) is 4. The van der Waals surface area contributed by atoms with Crippen molar-refractivity contribution >= 4 is 11.2 Å². The van der Waals surface area contributed by atoms with Crippen LogP contribution in [0.15, 0.2) is 42.6 Å². The van der Waals surface area contributed by atoms with Gasteiger partial charge >= 0.3 is 0 Å². The van der Waals surface area contributed by atoms with E-state index in [1.54, 1.807) is 6.07 Å². The summed E-state index contributed by atoms with van der Waals surface area (Å²) in [7, 11) is 2.15. The summed E-state index contributed by atoms with van der Waals surface area (Å²) in [4.78, 5) is 11.7. The zero-order valence-corrected chi connectivity index (χ0v) is 13.2. The summed E-state index contributed by atoms with van der Waals surface area (Å²) < 4.78 is 2.27. The van der Waals surface area contributed by atoms with Gasteiger partial charge in [-0.05, 0) is 38.2 Å². The predicted octanol–water partition coefficient (Wildman–Crippen LogP) is 2.60. The topological polar surface area (TPSA) is 54.2 Å². The molecule has 0 radical (unpaired) electrons. The van der Waals surface area contributed by atoms with Gasteiger partial charge in [-0.1, -0.05) is 18.2 Å². The Labute approximate surface area is 135 Å². The van der Waals surface area contributed by atoms with E-state index < -0.39 is 0 Å². The number of imidazole rings is 1. The van der Waals surface area contributed by atoms with Gasteiger partial charge in [0.15, 0.2) is 5.65 Å². The third-order valence-corrected chi connectivity index (χ3v) is 4.59. The fraction of sp³-hybridized carbons (Fsp3) is 0.333. The van der Waals surface area contributed by atoms with Crippen molar-refractivity contribution in [2.75, 3.05) is 20.1 Å². The fourth-order valence-electron chi connectivity index (χ4n) is 3.44. The smallest absolute Gasteiger partial charge is 0.160 e. The number of likely N-dealkylation sites (tertiary alicyclic amines) is 1. The number of phenolic OH excluding ortho intramolecular Hbond substituents is 1. The zero-order chi connectivity index (χ0) is 15.8. The first kappa shape index (κ1) is 14.2. The molecule has 0 spiro atoms. The van der Waals surface area contributed by atoms with Crippen LogP contribution in [-0.4, -0.2) is 44.7 Å². The van der Waals surface area contributed by atoms with Crippen molar-refractivity contribution in [3.05, 3.63) is 54.0 Å². The molecule has 1 N–H and O–H groups in total. The maximum absolute atomic E-state index is 10.1. The molecule has 1 unspecified atom stereocenters. The van der Waals surface area contributed by atoms with Crippen molar-refractivity contribution in [1.82, 2.24) is 19.4 Å². The molecule has 1 aliphatic heterocycles. The first-order chi connectivity index (χ1) is 11.2. The molecule has 0 bridgehead atoms. The molecule has 0 amide bonds. The lowest BCUT2D eigenvalue weighted by Crippen LogP contribution is -2.18. The molecule has 1 aromatic carbocycles. The van der Waals surface area contributed by atoms with Crippen molar-refractivity contribution in [3.8, 4) is 5.75 Å². The van der Waals surface area contributed by atoms with Crippen LogP contribution in [-0.2, 0) is 6.42 Å². The minimum Gasteiger partial charge on any atom is -0.508 e. The van der Waals surface area contributed by atoms with E-state index in [4.69, 9.17) is 4.98 Å². The van der Waals surface area contributed by atoms with Gasteiger partial charge in [-0.3, -0.25) is 0 Å². The predicted molar refractivity (Wildman–Crippen MR) is 89.6 cm³/mol. The summed E-state index contributed by atoms with van der Waals surface area (Å²) in [5.41, 5.74) is 2.76. The second-order valence-electron chi connectivity index (χ2n) is 6.25. The van der Waals surface area contributed by atoms with Crippen molar-refractivity contribution in [2.45, 2.75) is 18.9 Å². The Morgan fingerprint density at radius 3 is 2.87 bits per heavy atom. The van der Waals surface area contributed by atoms with Gasteiger partial charge in [-0.2, -0.15) is 0 Å². The summed E-state index contributed by atoms with van der Waals surface area (Å²) in [6.07, 6.45) is 3.54. The molecule has 5 nitrogen and oxygen atoms in total. The number of hydrogen-bond donors (Lipinski definition) is 1. The number of rotatable bonds is 3. The normalized spacial score (nSPS) is 18.7. The summed E-state index contributed by atoms with van der Waals surface area (Å²) in [5.74, 6) is 1.29. The van der Waals surface area contributed by atoms with Gasteiger partial charge in [0.2, 0.25) is 0 Å². The van der Waals surface area contributed by atoms with E-state index in [0.29, 0.717) is 18.2 Å². The van der Waals surface area contributed by atoms with E-state index >= 15 is 0 Å². The summed E-state index contributed by atoms with van der Waals surface area (Å²) in [6.45, 7) is 2.10. The van der Waals surface area contributed by atoms with Gasteiger partial charge in [-0.15, -0.1) is 0 Å². The largest absolute Gasteiger partial charge is 0.508 e. The first-order valence-corrected chi connectivity index (χ1v) is 7.99. The Balaban J connectivity index is 1.80. The first-order valence-electron chi connectivity index (χ1n) is 7.99. The molecule has 4 rings (SSSR count). The van der Waals surface area contributed by atoms with E-state index in [9.17, 15) is 5.11 Å². The highest BCUT2D eigenvalue weighted by atomic mass is 16.3. The number of benzene rings is 1. The van der Waals surface area contributed by atoms with Gasteiger partial charge < -0.3 is 14.6 Å². The van der Waals surface area contributed by atoms with Crippen molar-refractivity contribution in [2.24, 2.45) is 0 Å². The molecule has 1 fully saturated rings. The third kappa shape index (κ3) is 2.57. The highest BCUT2D eigenvalue weighted by Crippen LogP contribution is 2.29. The lowest BCUT2D eigenvalue weighted by Gasteiger charge is -2.16. The molecular formula is C18H20N4O. The molecule has 1 saturated heterocycles. The average molecular weight is 308 g/mol. The second-order valence-corrected chi connectivity index (χ2v) is 6.25. The summed E-state index contributed by atoms with van der Waals surface area (Å²) in [6, 6.07) is 11.8. The Morgan fingerprint density at radius 1 is 1.22 bits per heavy atom. The molecule has 3 heterocycles. The summed E-state index contributed by atoms with van der Waals surface area (Å²) in [5, 5.41) is 10.1. The molecule has 1 atom stereocenters. The standard InChI is InChI=1S/C18H20N4O/c1-21-10-8-14(12-21)22-17(11-13-5-2-3-7-16(13)23)20-15-6-4-9-19-18(15)22/h2-7,9,14,23H,8,10-12H2,1H3. The number of para-hydroxylation sites is 1. The second kappa shape index (κ2) is 5.66. The zero-order valence-electron chi connectivity index (χ0n) is 13.2. The minimum absolute atomic E-state index is 0.322. The summed E-state index contributed by atoms with van der Waals surface area (Å²) >= 11 is 0. The Morgan fingerprint density at radius 2 is 2.09 bits per heavy atom. The van der Waals surface area contributed by atoms with Gasteiger partial charge in [-0.25, -0.2) is 9.97 Å². The Hall–Kier alpha value is -2.40. The van der Waals surface area contributed by atoms with Crippen LogP contribution in [0.4, 0.5) is 0 Å². The SMILES string of the molecule is CN1CCC(n2c(Cc3ccccc3O)nc3cccnc32)C1. The number of phenols is 1. The van der Waals surface area contributed by atoms with Gasteiger partial charge in [0.05, 0.1) is 6.04 Å². The van der Waals surface area contributed by atoms with Crippen LogP contribution in [0.5, 0.6) is 5.75 Å². The maximum Gasteiger partial charge on any atom is 0.160 e. The van der Waals surface area contributed by atoms with E-state index in [0.717, 1.165) is 42.1 Å². The van der Waals surface area contributed by atoms with E-state index in [1.807, 2.05) is 36.5 Å². The van der Waals surface area contributed by atoms with Crippen LogP contribution in [0.25, 0.3) is 11.2 Å². The van der Waals surface area contributed by atoms with Crippen molar-refractivity contribution in [3.63, 3.8) is 0 Å². The molecule has 23 heavy (non-hydrogen) atoms. The lowest BCUT2D eigenvalue weighted by atomic mass is 10.1. The Bertz CT molecular complexity index is 842. The molecular weight excluding hydrogens is 288 g/mol. The quantitative estimate of drug-likeness (QED) is 0.808. The van der Waals surface area contributed by atoms with Crippen LogP contribution in [0.3, 0.4) is 0 Å². The highest BCUT2D eigenvalue weighted by Gasteiger charge is 2.26. The van der Waals surface area contributed by atoms with Gasteiger partial charge in [0.25, 0.3) is 0 Å². The van der Waals surface area contributed by atoms with E-state index in [1.165, 1.54) is 0 Å². The molecule has 0 saturated carbocycles. The van der Waals surface area contributed by atoms with Crippen LogP contribution in [0, 0.1) is 0 Å². The Kier molecular flexibility index (Phi) is 3.50. The number of aromatic nitrogens is 3. The number of aromatic hydroxyl groups is 1. The number of pyridine rings is 1. The lowest BCUT2D eigenvalue weighted by molar-refractivity contribution is 0.392. The van der Waals surface area contributed by atoms with Crippen LogP contribution < -0.4 is 0 Å². The van der Waals surface area contributed by atoms with Gasteiger partial charge in [0.1, 0.15) is 17.1 Å². The number of likely N-dealkylation sites (N-methyl/N-ethyl adjacent to an activating group) is 1. The molecule has 1 aliphatic rings. The highest BCUT2D eigenvalue weighted by molar-refractivity contribution is 5.71. The molecule has 5 heteroatoms. The van der Waals surface area contributed by atoms with Gasteiger partial charge in [0, 0.05) is 24.7 Å². The number of fused-ring (bicyclic) bond motifs is 1. The number of hydrogen-bond acceptors (Lipinski definition) is 4. The molecule has 118 valence electrons. The molecule has 0 aliphatic carbocycles. The van der Waals surface area contributed by atoms with Crippen LogP contribution >= 0.6 is 0 Å². The van der Waals surface area contributed by atoms with Crippen LogP contribution in [0.1, 0.15) is 23.9 Å². The van der Waals surface area contributed by atoms with E-state index in [2.05, 4.69) is 21.5 Å². The fourth-order valence-corrected chi connectivity index (χ4v) is 3.44. The molecule has 3 aromatic rings. The van der Waals surface area contributed by atoms with Crippen LogP contribution in [0.2, 0.25) is 0 Å². The average Bonchev–Trinajstić information content (AvgIpc) is 3.12. The van der Waals surface area contributed by atoms with Crippen molar-refractivity contribution < 1.29 is 5.11 Å². The maximum atomic E-state index is 10.1. The van der Waals surface area contributed by atoms with E-state index in [-0.39, 0.29) is 0 Å². The third-order valence-electron chi connectivity index (χ3n) is 4.59. The monoisotopic (exact) mass is 308 g/mol. The molecule has 2 aromatic heterocycles.